The minimum Gasteiger partial charge on any atom is -0.340 e. The van der Waals surface area contributed by atoms with Crippen molar-refractivity contribution >= 4 is 11.8 Å². The van der Waals surface area contributed by atoms with Crippen LogP contribution in [0.25, 0.3) is 0 Å². The fraction of sp³-hybridized carbons (Fsp3) is 0.867. The van der Waals surface area contributed by atoms with Crippen LogP contribution in [0.3, 0.4) is 0 Å². The quantitative estimate of drug-likeness (QED) is 0.828. The highest BCUT2D eigenvalue weighted by molar-refractivity contribution is 6.00. The van der Waals surface area contributed by atoms with Gasteiger partial charge in [0.05, 0.1) is 0 Å². The van der Waals surface area contributed by atoms with E-state index in [1.807, 2.05) is 18.7 Å². The van der Waals surface area contributed by atoms with E-state index in [1.165, 1.54) is 0 Å². The summed E-state index contributed by atoms with van der Waals surface area (Å²) in [5.41, 5.74) is -0.662. The predicted molar refractivity (Wildman–Crippen MR) is 74.6 cm³/mol. The molecule has 2 amide bonds. The van der Waals surface area contributed by atoms with E-state index in [0.29, 0.717) is 5.92 Å². The van der Waals surface area contributed by atoms with Crippen LogP contribution in [0.15, 0.2) is 0 Å². The van der Waals surface area contributed by atoms with Gasteiger partial charge in [0.25, 0.3) is 0 Å². The molecule has 1 aliphatic carbocycles. The molecule has 1 heterocycles. The fourth-order valence-electron chi connectivity index (χ4n) is 3.11. The van der Waals surface area contributed by atoms with Gasteiger partial charge in [-0.1, -0.05) is 20.3 Å². The second kappa shape index (κ2) is 5.14. The standard InChI is InChI=1S/C15H26N2O2/c1-5-7-12-13(18)16-15(4,11-8-9-11)14(19)17(12)10(3)6-2/h10-12H,5-9H2,1-4H3,(H,16,18). The van der Waals surface area contributed by atoms with Gasteiger partial charge in [-0.15, -0.1) is 0 Å². The van der Waals surface area contributed by atoms with Gasteiger partial charge in [-0.25, -0.2) is 0 Å². The topological polar surface area (TPSA) is 49.4 Å². The Labute approximate surface area is 115 Å². The summed E-state index contributed by atoms with van der Waals surface area (Å²) in [5.74, 6) is 0.497. The van der Waals surface area contributed by atoms with Gasteiger partial charge in [-0.05, 0) is 45.4 Å². The minimum atomic E-state index is -0.662. The zero-order valence-corrected chi connectivity index (χ0v) is 12.5. The van der Waals surface area contributed by atoms with Gasteiger partial charge in [-0.3, -0.25) is 9.59 Å². The van der Waals surface area contributed by atoms with Crippen LogP contribution in [0.5, 0.6) is 0 Å². The van der Waals surface area contributed by atoms with Crippen LogP contribution in [0.1, 0.15) is 59.8 Å². The molecule has 4 heteroatoms. The first-order chi connectivity index (χ1) is 8.95. The average molecular weight is 266 g/mol. The lowest BCUT2D eigenvalue weighted by molar-refractivity contribution is -0.158. The minimum absolute atomic E-state index is 0.0381. The molecule has 0 radical (unpaired) electrons. The van der Waals surface area contributed by atoms with Crippen LogP contribution in [0.2, 0.25) is 0 Å². The molecule has 1 saturated heterocycles. The molecule has 0 spiro atoms. The van der Waals surface area contributed by atoms with E-state index >= 15 is 0 Å². The van der Waals surface area contributed by atoms with E-state index in [0.717, 1.165) is 32.1 Å². The van der Waals surface area contributed by atoms with Crippen molar-refractivity contribution in [1.29, 1.82) is 0 Å². The van der Waals surface area contributed by atoms with E-state index in [4.69, 9.17) is 0 Å². The second-order valence-corrected chi connectivity index (χ2v) is 6.24. The third-order valence-corrected chi connectivity index (χ3v) is 4.72. The monoisotopic (exact) mass is 266 g/mol. The van der Waals surface area contributed by atoms with Crippen LogP contribution in [-0.4, -0.2) is 34.3 Å². The maximum atomic E-state index is 12.9. The number of rotatable bonds is 5. The second-order valence-electron chi connectivity index (χ2n) is 6.24. The van der Waals surface area contributed by atoms with Crippen LogP contribution in [0, 0.1) is 5.92 Å². The summed E-state index contributed by atoms with van der Waals surface area (Å²) < 4.78 is 0. The third-order valence-electron chi connectivity index (χ3n) is 4.72. The number of amides is 2. The van der Waals surface area contributed by atoms with E-state index < -0.39 is 5.54 Å². The molecule has 2 fully saturated rings. The number of nitrogens with zero attached hydrogens (tertiary/aromatic N) is 1. The summed E-state index contributed by atoms with van der Waals surface area (Å²) in [4.78, 5) is 27.1. The molecule has 3 unspecified atom stereocenters. The van der Waals surface area contributed by atoms with Gasteiger partial charge < -0.3 is 10.2 Å². The zero-order chi connectivity index (χ0) is 14.2. The van der Waals surface area contributed by atoms with Gasteiger partial charge in [0.15, 0.2) is 0 Å². The maximum absolute atomic E-state index is 12.9. The van der Waals surface area contributed by atoms with Gasteiger partial charge in [0, 0.05) is 6.04 Å². The number of hydrogen-bond donors (Lipinski definition) is 1. The molecule has 108 valence electrons. The van der Waals surface area contributed by atoms with Gasteiger partial charge in [0.1, 0.15) is 11.6 Å². The number of carbonyl (C=O) groups excluding carboxylic acids is 2. The Bertz CT molecular complexity index is 378. The summed E-state index contributed by atoms with van der Waals surface area (Å²) in [6.45, 7) is 8.08. The van der Waals surface area contributed by atoms with Crippen molar-refractivity contribution in [2.75, 3.05) is 0 Å². The lowest BCUT2D eigenvalue weighted by Gasteiger charge is -2.47. The van der Waals surface area contributed by atoms with Crippen molar-refractivity contribution in [1.82, 2.24) is 10.2 Å². The Hall–Kier alpha value is -1.06. The highest BCUT2D eigenvalue weighted by atomic mass is 16.2. The maximum Gasteiger partial charge on any atom is 0.249 e. The summed E-state index contributed by atoms with van der Waals surface area (Å²) in [5, 5.41) is 3.02. The molecule has 3 atom stereocenters. The van der Waals surface area contributed by atoms with Crippen LogP contribution in [0.4, 0.5) is 0 Å². The van der Waals surface area contributed by atoms with Gasteiger partial charge >= 0.3 is 0 Å². The molecule has 0 bridgehead atoms. The number of piperazine rings is 1. The molecular formula is C15H26N2O2. The molecule has 2 aliphatic rings. The van der Waals surface area contributed by atoms with Crippen molar-refractivity contribution in [3.8, 4) is 0 Å². The number of nitrogens with one attached hydrogen (secondary N) is 1. The fourth-order valence-corrected chi connectivity index (χ4v) is 3.11. The van der Waals surface area contributed by atoms with E-state index in [2.05, 4.69) is 19.2 Å². The van der Waals surface area contributed by atoms with E-state index in [1.54, 1.807) is 0 Å². The van der Waals surface area contributed by atoms with E-state index in [9.17, 15) is 9.59 Å². The molecule has 19 heavy (non-hydrogen) atoms. The van der Waals surface area contributed by atoms with Crippen molar-refractivity contribution in [2.24, 2.45) is 5.92 Å². The highest BCUT2D eigenvalue weighted by Gasteiger charge is 2.55. The Morgan fingerprint density at radius 1 is 1.37 bits per heavy atom. The summed E-state index contributed by atoms with van der Waals surface area (Å²) >= 11 is 0. The first kappa shape index (κ1) is 14.4. The first-order valence-electron chi connectivity index (χ1n) is 7.60. The molecule has 1 aliphatic heterocycles. The Morgan fingerprint density at radius 3 is 2.47 bits per heavy atom. The predicted octanol–water partition coefficient (Wildman–Crippen LogP) is 2.08. The molecule has 4 nitrogen and oxygen atoms in total. The lowest BCUT2D eigenvalue weighted by atomic mass is 9.87. The molecular weight excluding hydrogens is 240 g/mol. The van der Waals surface area contributed by atoms with Crippen LogP contribution < -0.4 is 5.32 Å². The molecule has 0 aromatic heterocycles. The number of hydrogen-bond acceptors (Lipinski definition) is 2. The Kier molecular flexibility index (Phi) is 3.88. The molecule has 1 N–H and O–H groups in total. The van der Waals surface area contributed by atoms with Crippen molar-refractivity contribution in [3.05, 3.63) is 0 Å². The summed E-state index contributed by atoms with van der Waals surface area (Å²) in [6.07, 6.45) is 4.66. The van der Waals surface area contributed by atoms with E-state index in [-0.39, 0.29) is 23.9 Å². The largest absolute Gasteiger partial charge is 0.340 e. The summed E-state index contributed by atoms with van der Waals surface area (Å²) in [6, 6.07) is -0.146. The highest BCUT2D eigenvalue weighted by Crippen LogP contribution is 2.43. The molecule has 2 rings (SSSR count). The Morgan fingerprint density at radius 2 is 2.00 bits per heavy atom. The zero-order valence-electron chi connectivity index (χ0n) is 12.5. The third kappa shape index (κ3) is 2.37. The Balaban J connectivity index is 2.30. The van der Waals surface area contributed by atoms with Crippen LogP contribution in [-0.2, 0) is 9.59 Å². The SMILES string of the molecule is CCCC1C(=O)NC(C)(C2CC2)C(=O)N1C(C)CC. The average Bonchev–Trinajstić information content (AvgIpc) is 3.20. The van der Waals surface area contributed by atoms with Gasteiger partial charge in [0.2, 0.25) is 11.8 Å². The summed E-state index contributed by atoms with van der Waals surface area (Å²) in [7, 11) is 0. The van der Waals surface area contributed by atoms with Crippen molar-refractivity contribution < 1.29 is 9.59 Å². The van der Waals surface area contributed by atoms with Crippen molar-refractivity contribution in [2.45, 2.75) is 77.4 Å². The van der Waals surface area contributed by atoms with Crippen molar-refractivity contribution in [3.63, 3.8) is 0 Å². The molecule has 0 aromatic rings. The number of carbonyl (C=O) groups is 2. The lowest BCUT2D eigenvalue weighted by Crippen LogP contribution is -2.71. The normalized spacial score (nSPS) is 33.3. The first-order valence-corrected chi connectivity index (χ1v) is 7.60. The molecule has 0 aromatic carbocycles. The smallest absolute Gasteiger partial charge is 0.249 e. The molecule has 1 saturated carbocycles. The van der Waals surface area contributed by atoms with Crippen LogP contribution >= 0.6 is 0 Å². The van der Waals surface area contributed by atoms with Gasteiger partial charge in [-0.2, -0.15) is 0 Å².